The highest BCUT2D eigenvalue weighted by molar-refractivity contribution is 8.00. The third-order valence-corrected chi connectivity index (χ3v) is 6.47. The molecule has 1 fully saturated rings. The summed E-state index contributed by atoms with van der Waals surface area (Å²) < 4.78 is 5.81. The van der Waals surface area contributed by atoms with Gasteiger partial charge in [0, 0.05) is 44.6 Å². The molecule has 0 radical (unpaired) electrons. The molecular weight excluding hydrogens is 306 g/mol. The zero-order chi connectivity index (χ0) is 16.1. The summed E-state index contributed by atoms with van der Waals surface area (Å²) in [6.45, 7) is 4.69. The number of thioether (sulfide) groups is 1. The molecule has 2 aliphatic rings. The molecule has 1 N–H and O–H groups in total. The first-order valence-corrected chi connectivity index (χ1v) is 9.64. The SMILES string of the molecule is CN=C(NCC1(SC)CCOCC1)N1CCc2ccccc2C1. The average molecular weight is 334 g/mol. The van der Waals surface area contributed by atoms with Crippen LogP contribution in [-0.2, 0) is 17.7 Å². The van der Waals surface area contributed by atoms with Crippen molar-refractivity contribution in [3.63, 3.8) is 0 Å². The summed E-state index contributed by atoms with van der Waals surface area (Å²) in [4.78, 5) is 6.90. The van der Waals surface area contributed by atoms with Gasteiger partial charge in [0.25, 0.3) is 0 Å². The molecule has 0 amide bonds. The van der Waals surface area contributed by atoms with E-state index in [1.165, 1.54) is 11.1 Å². The summed E-state index contributed by atoms with van der Waals surface area (Å²) in [6.07, 6.45) is 5.53. The number of guanidine groups is 1. The van der Waals surface area contributed by atoms with Crippen molar-refractivity contribution in [3.05, 3.63) is 35.4 Å². The molecule has 0 unspecified atom stereocenters. The smallest absolute Gasteiger partial charge is 0.194 e. The molecule has 126 valence electrons. The monoisotopic (exact) mass is 333 g/mol. The highest BCUT2D eigenvalue weighted by Crippen LogP contribution is 2.33. The molecule has 0 aliphatic carbocycles. The zero-order valence-electron chi connectivity index (χ0n) is 14.2. The number of hydrogen-bond acceptors (Lipinski definition) is 3. The highest BCUT2D eigenvalue weighted by Gasteiger charge is 2.32. The Balaban J connectivity index is 1.62. The fourth-order valence-electron chi connectivity index (χ4n) is 3.45. The van der Waals surface area contributed by atoms with Crippen molar-refractivity contribution < 1.29 is 4.74 Å². The zero-order valence-corrected chi connectivity index (χ0v) is 15.0. The van der Waals surface area contributed by atoms with Crippen LogP contribution in [0.15, 0.2) is 29.3 Å². The van der Waals surface area contributed by atoms with Crippen molar-refractivity contribution in [1.82, 2.24) is 10.2 Å². The van der Waals surface area contributed by atoms with Crippen molar-refractivity contribution in [1.29, 1.82) is 0 Å². The van der Waals surface area contributed by atoms with Crippen LogP contribution in [0.4, 0.5) is 0 Å². The van der Waals surface area contributed by atoms with Crippen LogP contribution in [0.1, 0.15) is 24.0 Å². The summed E-state index contributed by atoms with van der Waals surface area (Å²) >= 11 is 1.96. The number of nitrogens with one attached hydrogen (secondary N) is 1. The van der Waals surface area contributed by atoms with Crippen LogP contribution in [0.5, 0.6) is 0 Å². The summed E-state index contributed by atoms with van der Waals surface area (Å²) in [5.74, 6) is 1.03. The van der Waals surface area contributed by atoms with Gasteiger partial charge in [-0.1, -0.05) is 24.3 Å². The Kier molecular flexibility index (Phi) is 5.49. The van der Waals surface area contributed by atoms with Crippen molar-refractivity contribution in [3.8, 4) is 0 Å². The van der Waals surface area contributed by atoms with Gasteiger partial charge >= 0.3 is 0 Å². The largest absolute Gasteiger partial charge is 0.381 e. The Labute approximate surface area is 143 Å². The lowest BCUT2D eigenvalue weighted by Gasteiger charge is -2.38. The van der Waals surface area contributed by atoms with E-state index in [1.807, 2.05) is 18.8 Å². The Morgan fingerprint density at radius 3 is 2.74 bits per heavy atom. The number of hydrogen-bond donors (Lipinski definition) is 1. The molecule has 5 heteroatoms. The lowest BCUT2D eigenvalue weighted by Crippen LogP contribution is -2.50. The second kappa shape index (κ2) is 7.58. The van der Waals surface area contributed by atoms with E-state index in [0.29, 0.717) is 0 Å². The number of fused-ring (bicyclic) bond motifs is 1. The fraction of sp³-hybridized carbons (Fsp3) is 0.611. The lowest BCUT2D eigenvalue weighted by atomic mass is 9.98. The van der Waals surface area contributed by atoms with Crippen LogP contribution in [0.2, 0.25) is 0 Å². The first-order valence-electron chi connectivity index (χ1n) is 8.42. The van der Waals surface area contributed by atoms with Crippen LogP contribution < -0.4 is 5.32 Å². The molecule has 2 aliphatic heterocycles. The average Bonchev–Trinajstić information content (AvgIpc) is 2.63. The maximum Gasteiger partial charge on any atom is 0.194 e. The molecule has 0 spiro atoms. The Morgan fingerprint density at radius 1 is 1.30 bits per heavy atom. The van der Waals surface area contributed by atoms with Crippen molar-refractivity contribution >= 4 is 17.7 Å². The van der Waals surface area contributed by atoms with Crippen molar-refractivity contribution in [2.45, 2.75) is 30.6 Å². The summed E-state index contributed by atoms with van der Waals surface area (Å²) in [5, 5.41) is 3.63. The number of aliphatic imine (C=N–C) groups is 1. The Morgan fingerprint density at radius 2 is 2.04 bits per heavy atom. The van der Waals surface area contributed by atoms with E-state index < -0.39 is 0 Å². The van der Waals surface area contributed by atoms with E-state index in [-0.39, 0.29) is 4.75 Å². The summed E-state index contributed by atoms with van der Waals surface area (Å²) in [6, 6.07) is 8.74. The van der Waals surface area contributed by atoms with Crippen LogP contribution >= 0.6 is 11.8 Å². The minimum atomic E-state index is 0.280. The van der Waals surface area contributed by atoms with Crippen molar-refractivity contribution in [2.24, 2.45) is 4.99 Å². The van der Waals surface area contributed by atoms with Gasteiger partial charge in [-0.25, -0.2) is 0 Å². The fourth-order valence-corrected chi connectivity index (χ4v) is 4.24. The van der Waals surface area contributed by atoms with Gasteiger partial charge in [-0.05, 0) is 36.6 Å². The van der Waals surface area contributed by atoms with Gasteiger partial charge in [0.05, 0.1) is 0 Å². The lowest BCUT2D eigenvalue weighted by molar-refractivity contribution is 0.0781. The molecule has 1 saturated heterocycles. The summed E-state index contributed by atoms with van der Waals surface area (Å²) in [5.41, 5.74) is 2.90. The predicted octanol–water partition coefficient (Wildman–Crippen LogP) is 2.53. The molecule has 1 aromatic rings. The highest BCUT2D eigenvalue weighted by atomic mass is 32.2. The molecular formula is C18H27N3OS. The van der Waals surface area contributed by atoms with Gasteiger partial charge in [-0.2, -0.15) is 11.8 Å². The third-order valence-electron chi connectivity index (χ3n) is 5.05. The molecule has 23 heavy (non-hydrogen) atoms. The van der Waals surface area contributed by atoms with E-state index in [0.717, 1.165) is 58.1 Å². The Bertz CT molecular complexity index is 555. The normalized spacial score (nSPS) is 21.0. The molecule has 4 nitrogen and oxygen atoms in total. The van der Waals surface area contributed by atoms with Gasteiger partial charge in [0.1, 0.15) is 0 Å². The number of nitrogens with zero attached hydrogens (tertiary/aromatic N) is 2. The predicted molar refractivity (Wildman–Crippen MR) is 98.2 cm³/mol. The molecule has 0 saturated carbocycles. The standard InChI is InChI=1S/C18H27N3OS/c1-19-17(20-14-18(23-2)8-11-22-12-9-18)21-10-7-15-5-3-4-6-16(15)13-21/h3-6H,7-14H2,1-2H3,(H,19,20). The second-order valence-corrected chi connectivity index (χ2v) is 7.61. The van der Waals surface area contributed by atoms with Gasteiger partial charge in [0.2, 0.25) is 0 Å². The quantitative estimate of drug-likeness (QED) is 0.681. The van der Waals surface area contributed by atoms with Crippen molar-refractivity contribution in [2.75, 3.05) is 39.6 Å². The molecule has 0 aromatic heterocycles. The second-order valence-electron chi connectivity index (χ2n) is 6.34. The van der Waals surface area contributed by atoms with E-state index in [4.69, 9.17) is 4.74 Å². The minimum absolute atomic E-state index is 0.280. The van der Waals surface area contributed by atoms with Crippen LogP contribution in [0.25, 0.3) is 0 Å². The molecule has 0 atom stereocenters. The van der Waals surface area contributed by atoms with Gasteiger partial charge in [-0.15, -0.1) is 0 Å². The first-order chi connectivity index (χ1) is 11.3. The number of rotatable bonds is 3. The third kappa shape index (κ3) is 3.83. The first kappa shape index (κ1) is 16.7. The van der Waals surface area contributed by atoms with Gasteiger partial charge in [-0.3, -0.25) is 4.99 Å². The van der Waals surface area contributed by atoms with Crippen LogP contribution in [-0.4, -0.2) is 55.2 Å². The van der Waals surface area contributed by atoms with Gasteiger partial charge < -0.3 is 15.0 Å². The van der Waals surface area contributed by atoms with E-state index in [2.05, 4.69) is 45.7 Å². The molecule has 0 bridgehead atoms. The van der Waals surface area contributed by atoms with E-state index in [1.54, 1.807) is 0 Å². The van der Waals surface area contributed by atoms with Gasteiger partial charge in [0.15, 0.2) is 5.96 Å². The van der Waals surface area contributed by atoms with E-state index in [9.17, 15) is 0 Å². The van der Waals surface area contributed by atoms with E-state index >= 15 is 0 Å². The molecule has 1 aromatic carbocycles. The topological polar surface area (TPSA) is 36.9 Å². The molecule has 3 rings (SSSR count). The number of benzene rings is 1. The molecule has 2 heterocycles. The van der Waals surface area contributed by atoms with Crippen LogP contribution in [0.3, 0.4) is 0 Å². The van der Waals surface area contributed by atoms with Crippen LogP contribution in [0, 0.1) is 0 Å². The maximum atomic E-state index is 5.53. The minimum Gasteiger partial charge on any atom is -0.381 e. The Hall–Kier alpha value is -1.20. The maximum absolute atomic E-state index is 5.53. The number of ether oxygens (including phenoxy) is 1. The summed E-state index contributed by atoms with van der Waals surface area (Å²) in [7, 11) is 1.89.